The second kappa shape index (κ2) is 4.10. The van der Waals surface area contributed by atoms with Crippen LogP contribution in [0.3, 0.4) is 0 Å². The summed E-state index contributed by atoms with van der Waals surface area (Å²) in [7, 11) is 0. The van der Waals surface area contributed by atoms with Crippen LogP contribution in [0, 0.1) is 13.8 Å². The SMILES string of the molecule is Cc1ccc(-c2nc3cc4sc(C)nc4cc3s2)s1. The maximum absolute atomic E-state index is 4.76. The van der Waals surface area contributed by atoms with Crippen LogP contribution in [0.25, 0.3) is 30.3 Å². The van der Waals surface area contributed by atoms with Crippen molar-refractivity contribution in [3.05, 3.63) is 34.2 Å². The van der Waals surface area contributed by atoms with Crippen LogP contribution in [0.15, 0.2) is 24.3 Å². The number of benzene rings is 1. The summed E-state index contributed by atoms with van der Waals surface area (Å²) in [6.45, 7) is 4.18. The summed E-state index contributed by atoms with van der Waals surface area (Å²) in [5, 5.41) is 2.23. The monoisotopic (exact) mass is 302 g/mol. The molecule has 2 nitrogen and oxygen atoms in total. The Hall–Kier alpha value is -1.30. The van der Waals surface area contributed by atoms with E-state index < -0.39 is 0 Å². The number of fused-ring (bicyclic) bond motifs is 2. The van der Waals surface area contributed by atoms with Crippen molar-refractivity contribution >= 4 is 54.4 Å². The minimum absolute atomic E-state index is 1.09. The third kappa shape index (κ3) is 1.89. The van der Waals surface area contributed by atoms with Crippen molar-refractivity contribution in [1.82, 2.24) is 9.97 Å². The van der Waals surface area contributed by atoms with E-state index in [4.69, 9.17) is 4.98 Å². The minimum Gasteiger partial charge on any atom is -0.241 e. The Morgan fingerprint density at radius 3 is 2.32 bits per heavy atom. The first-order valence-electron chi connectivity index (χ1n) is 5.93. The normalized spacial score (nSPS) is 11.7. The van der Waals surface area contributed by atoms with Gasteiger partial charge in [0.1, 0.15) is 5.01 Å². The van der Waals surface area contributed by atoms with Gasteiger partial charge >= 0.3 is 0 Å². The van der Waals surface area contributed by atoms with Gasteiger partial charge in [0.25, 0.3) is 0 Å². The van der Waals surface area contributed by atoms with Gasteiger partial charge in [0, 0.05) is 4.88 Å². The van der Waals surface area contributed by atoms with E-state index in [0.29, 0.717) is 0 Å². The number of hydrogen-bond acceptors (Lipinski definition) is 5. The van der Waals surface area contributed by atoms with Crippen molar-refractivity contribution in [2.24, 2.45) is 0 Å². The van der Waals surface area contributed by atoms with Gasteiger partial charge in [-0.2, -0.15) is 0 Å². The fourth-order valence-electron chi connectivity index (χ4n) is 2.12. The topological polar surface area (TPSA) is 25.8 Å². The predicted octanol–water partition coefficient (Wildman–Crippen LogP) is 5.25. The molecule has 0 bridgehead atoms. The Kier molecular flexibility index (Phi) is 2.48. The molecule has 19 heavy (non-hydrogen) atoms. The van der Waals surface area contributed by atoms with Crippen LogP contribution in [-0.4, -0.2) is 9.97 Å². The molecule has 0 amide bonds. The number of rotatable bonds is 1. The molecule has 1 aromatic carbocycles. The van der Waals surface area contributed by atoms with E-state index in [1.54, 1.807) is 34.0 Å². The molecule has 0 aliphatic carbocycles. The maximum Gasteiger partial charge on any atom is 0.134 e. The van der Waals surface area contributed by atoms with E-state index in [1.807, 2.05) is 6.92 Å². The Morgan fingerprint density at radius 2 is 1.58 bits per heavy atom. The van der Waals surface area contributed by atoms with Crippen molar-refractivity contribution in [2.45, 2.75) is 13.8 Å². The second-order valence-electron chi connectivity index (χ2n) is 4.45. The molecule has 4 aromatic rings. The lowest BCUT2D eigenvalue weighted by Crippen LogP contribution is -1.70. The van der Waals surface area contributed by atoms with E-state index >= 15 is 0 Å². The molecular weight excluding hydrogens is 292 g/mol. The fraction of sp³-hybridized carbons (Fsp3) is 0.143. The summed E-state index contributed by atoms with van der Waals surface area (Å²) >= 11 is 5.28. The zero-order chi connectivity index (χ0) is 13.0. The maximum atomic E-state index is 4.76. The fourth-order valence-corrected chi connectivity index (χ4v) is 4.86. The van der Waals surface area contributed by atoms with Crippen molar-refractivity contribution in [1.29, 1.82) is 0 Å². The summed E-state index contributed by atoms with van der Waals surface area (Å²) in [6.07, 6.45) is 0. The summed E-state index contributed by atoms with van der Waals surface area (Å²) in [5.41, 5.74) is 2.18. The summed E-state index contributed by atoms with van der Waals surface area (Å²) < 4.78 is 2.45. The number of thiophene rings is 1. The highest BCUT2D eigenvalue weighted by Crippen LogP contribution is 2.36. The minimum atomic E-state index is 1.09. The van der Waals surface area contributed by atoms with Gasteiger partial charge in [0.05, 0.1) is 30.3 Å². The van der Waals surface area contributed by atoms with Crippen molar-refractivity contribution in [2.75, 3.05) is 0 Å². The standard InChI is InChI=1S/C14H10N2S3/c1-7-3-4-11(17-7)14-16-10-6-12-9(5-13(10)19-14)15-8(2)18-12/h3-6H,1-2H3. The number of thiazole rings is 2. The van der Waals surface area contributed by atoms with Crippen LogP contribution in [0.1, 0.15) is 9.88 Å². The highest BCUT2D eigenvalue weighted by molar-refractivity contribution is 7.25. The molecule has 0 aliphatic heterocycles. The number of nitrogens with zero attached hydrogens (tertiary/aromatic N) is 2. The van der Waals surface area contributed by atoms with Crippen LogP contribution in [0.5, 0.6) is 0 Å². The molecule has 94 valence electrons. The molecule has 3 heterocycles. The molecule has 0 radical (unpaired) electrons. The summed E-state index contributed by atoms with van der Waals surface area (Å²) in [6, 6.07) is 8.63. The highest BCUT2D eigenvalue weighted by Gasteiger charge is 2.10. The van der Waals surface area contributed by atoms with Gasteiger partial charge in [-0.1, -0.05) is 0 Å². The van der Waals surface area contributed by atoms with Gasteiger partial charge in [-0.05, 0) is 38.1 Å². The van der Waals surface area contributed by atoms with Crippen LogP contribution in [0.2, 0.25) is 0 Å². The van der Waals surface area contributed by atoms with E-state index in [1.165, 1.54) is 19.2 Å². The smallest absolute Gasteiger partial charge is 0.134 e. The van der Waals surface area contributed by atoms with Crippen LogP contribution >= 0.6 is 34.0 Å². The van der Waals surface area contributed by atoms with Gasteiger partial charge in [0.2, 0.25) is 0 Å². The number of aryl methyl sites for hydroxylation is 2. The van der Waals surface area contributed by atoms with Crippen LogP contribution < -0.4 is 0 Å². The molecule has 0 aliphatic rings. The first kappa shape index (κ1) is 11.5. The van der Waals surface area contributed by atoms with Gasteiger partial charge in [0.15, 0.2) is 0 Å². The molecule has 0 atom stereocenters. The molecule has 0 unspecified atom stereocenters. The average Bonchev–Trinajstić information content (AvgIpc) is 3.02. The third-order valence-corrected chi connectivity index (χ3v) is 6.08. The molecular formula is C14H10N2S3. The lowest BCUT2D eigenvalue weighted by Gasteiger charge is -1.86. The van der Waals surface area contributed by atoms with Gasteiger partial charge in [-0.15, -0.1) is 34.0 Å². The Morgan fingerprint density at radius 1 is 0.842 bits per heavy atom. The predicted molar refractivity (Wildman–Crippen MR) is 85.6 cm³/mol. The van der Waals surface area contributed by atoms with Crippen molar-refractivity contribution < 1.29 is 0 Å². The first-order valence-corrected chi connectivity index (χ1v) is 8.38. The number of hydrogen-bond donors (Lipinski definition) is 0. The van der Waals surface area contributed by atoms with Gasteiger partial charge in [-0.3, -0.25) is 0 Å². The van der Waals surface area contributed by atoms with Gasteiger partial charge < -0.3 is 0 Å². The van der Waals surface area contributed by atoms with Crippen molar-refractivity contribution in [3.63, 3.8) is 0 Å². The lowest BCUT2D eigenvalue weighted by molar-refractivity contribution is 1.35. The zero-order valence-corrected chi connectivity index (χ0v) is 12.9. The quantitative estimate of drug-likeness (QED) is 0.480. The van der Waals surface area contributed by atoms with Crippen LogP contribution in [0.4, 0.5) is 0 Å². The van der Waals surface area contributed by atoms with Gasteiger partial charge in [-0.25, -0.2) is 9.97 Å². The molecule has 0 spiro atoms. The lowest BCUT2D eigenvalue weighted by atomic mass is 10.3. The van der Waals surface area contributed by atoms with Crippen molar-refractivity contribution in [3.8, 4) is 9.88 Å². The highest BCUT2D eigenvalue weighted by atomic mass is 32.1. The second-order valence-corrected chi connectivity index (χ2v) is 8.00. The Balaban J connectivity index is 1.95. The molecule has 4 rings (SSSR count). The van der Waals surface area contributed by atoms with E-state index in [0.717, 1.165) is 21.0 Å². The van der Waals surface area contributed by atoms with E-state index in [-0.39, 0.29) is 0 Å². The Bertz CT molecular complexity index is 847. The van der Waals surface area contributed by atoms with E-state index in [9.17, 15) is 0 Å². The molecule has 0 saturated heterocycles. The average molecular weight is 302 g/mol. The first-order chi connectivity index (χ1) is 9.19. The van der Waals surface area contributed by atoms with E-state index in [2.05, 4.69) is 36.2 Å². The largest absolute Gasteiger partial charge is 0.241 e. The number of aromatic nitrogens is 2. The Labute approximate surface area is 122 Å². The summed E-state index contributed by atoms with van der Waals surface area (Å²) in [5.74, 6) is 0. The molecule has 5 heteroatoms. The summed E-state index contributed by atoms with van der Waals surface area (Å²) in [4.78, 5) is 11.9. The third-order valence-electron chi connectivity index (χ3n) is 2.96. The molecule has 0 N–H and O–H groups in total. The van der Waals surface area contributed by atoms with Crippen LogP contribution in [-0.2, 0) is 0 Å². The zero-order valence-electron chi connectivity index (χ0n) is 10.4. The molecule has 0 fully saturated rings. The molecule has 3 aromatic heterocycles. The molecule has 0 saturated carbocycles.